The molecule has 0 amide bonds. The van der Waals surface area contributed by atoms with Crippen LogP contribution in [-0.4, -0.2) is 36.2 Å². The molecule has 132 valence electrons. The Morgan fingerprint density at radius 3 is 2.30 bits per heavy atom. The highest BCUT2D eigenvalue weighted by atomic mass is 35.5. The third kappa shape index (κ3) is 4.27. The van der Waals surface area contributed by atoms with Crippen LogP contribution >= 0.6 is 24.8 Å². The summed E-state index contributed by atoms with van der Waals surface area (Å²) in [6, 6.07) is 2.68. The number of phenolic OH excluding ortho intramolecular Hbond substituents is 1. The maximum Gasteiger partial charge on any atom is 0.200 e. The van der Waals surface area contributed by atoms with Gasteiger partial charge in [-0.15, -0.1) is 24.8 Å². The second-order valence-corrected chi connectivity index (χ2v) is 6.07. The molecule has 1 aliphatic heterocycles. The second kappa shape index (κ2) is 9.02. The summed E-state index contributed by atoms with van der Waals surface area (Å²) in [4.78, 5) is 2.30. The molecule has 1 saturated carbocycles. The van der Waals surface area contributed by atoms with E-state index < -0.39 is 17.4 Å². The van der Waals surface area contributed by atoms with Crippen LogP contribution in [0.15, 0.2) is 12.1 Å². The van der Waals surface area contributed by atoms with Gasteiger partial charge in [0.25, 0.3) is 0 Å². The van der Waals surface area contributed by atoms with Crippen LogP contribution in [0.5, 0.6) is 5.75 Å². The van der Waals surface area contributed by atoms with Crippen LogP contribution in [0, 0.1) is 17.6 Å². The summed E-state index contributed by atoms with van der Waals surface area (Å²) in [6.07, 6.45) is 4.54. The van der Waals surface area contributed by atoms with Crippen molar-refractivity contribution in [3.8, 4) is 5.75 Å². The molecule has 0 radical (unpaired) electrons. The molecule has 3 rings (SSSR count). The van der Waals surface area contributed by atoms with Crippen molar-refractivity contribution in [2.75, 3.05) is 26.2 Å². The minimum atomic E-state index is -1.12. The molecule has 1 aliphatic carbocycles. The number of halogens is 4. The summed E-state index contributed by atoms with van der Waals surface area (Å²) in [6.45, 7) is 3.54. The van der Waals surface area contributed by atoms with Gasteiger partial charge in [-0.25, -0.2) is 4.39 Å². The molecule has 1 atom stereocenters. The predicted octanol–water partition coefficient (Wildman–Crippen LogP) is 3.65. The number of piperazine rings is 1. The van der Waals surface area contributed by atoms with E-state index in [2.05, 4.69) is 10.2 Å². The monoisotopic (exact) mass is 368 g/mol. The lowest BCUT2D eigenvalue weighted by atomic mass is 9.89. The van der Waals surface area contributed by atoms with E-state index in [0.29, 0.717) is 11.5 Å². The number of nitrogens with zero attached hydrogens (tertiary/aromatic N) is 1. The molecular formula is C16H24Cl2F2N2O. The van der Waals surface area contributed by atoms with Gasteiger partial charge in [0.15, 0.2) is 11.6 Å². The van der Waals surface area contributed by atoms with Gasteiger partial charge in [0, 0.05) is 37.8 Å². The molecule has 0 bridgehead atoms. The summed E-state index contributed by atoms with van der Waals surface area (Å²) in [5.41, 5.74) is 0.544. The second-order valence-electron chi connectivity index (χ2n) is 6.07. The Morgan fingerprint density at radius 2 is 1.70 bits per heavy atom. The van der Waals surface area contributed by atoms with E-state index in [9.17, 15) is 13.9 Å². The average Bonchev–Trinajstić information content (AvgIpc) is 3.03. The molecule has 0 unspecified atom stereocenters. The minimum absolute atomic E-state index is 0. The molecule has 7 heteroatoms. The Morgan fingerprint density at radius 1 is 1.09 bits per heavy atom. The van der Waals surface area contributed by atoms with Crippen LogP contribution in [0.2, 0.25) is 0 Å². The molecular weight excluding hydrogens is 345 g/mol. The smallest absolute Gasteiger partial charge is 0.200 e. The van der Waals surface area contributed by atoms with Gasteiger partial charge in [-0.05, 0) is 24.8 Å². The molecule has 1 saturated heterocycles. The van der Waals surface area contributed by atoms with Gasteiger partial charge in [-0.3, -0.25) is 4.90 Å². The van der Waals surface area contributed by atoms with Crippen LogP contribution < -0.4 is 5.32 Å². The Kier molecular flexibility index (Phi) is 8.01. The lowest BCUT2D eigenvalue weighted by molar-refractivity contribution is 0.122. The fourth-order valence-electron chi connectivity index (χ4n) is 3.78. The first-order chi connectivity index (χ1) is 10.2. The standard InChI is InChI=1S/C16H22F2N2O.2ClH/c17-13-6-5-12(16(21)14(13)18)15(11-3-1-2-4-11)20-9-7-19-8-10-20;;/h5-6,11,15,19,21H,1-4,7-10H2;2*1H/t15-;;/m1../s1. The van der Waals surface area contributed by atoms with Crippen molar-refractivity contribution in [3.63, 3.8) is 0 Å². The third-order valence-electron chi connectivity index (χ3n) is 4.81. The third-order valence-corrected chi connectivity index (χ3v) is 4.81. The number of rotatable bonds is 3. The fourth-order valence-corrected chi connectivity index (χ4v) is 3.78. The van der Waals surface area contributed by atoms with E-state index in [4.69, 9.17) is 0 Å². The summed E-state index contributed by atoms with van der Waals surface area (Å²) < 4.78 is 27.0. The molecule has 0 aromatic heterocycles. The highest BCUT2D eigenvalue weighted by Crippen LogP contribution is 2.43. The first-order valence-corrected chi connectivity index (χ1v) is 7.80. The lowest BCUT2D eigenvalue weighted by Gasteiger charge is -2.38. The summed E-state index contributed by atoms with van der Waals surface area (Å²) in [5.74, 6) is -2.20. The van der Waals surface area contributed by atoms with E-state index in [1.54, 1.807) is 6.07 Å². The summed E-state index contributed by atoms with van der Waals surface area (Å²) >= 11 is 0. The molecule has 1 heterocycles. The number of hydrogen-bond acceptors (Lipinski definition) is 3. The number of phenols is 1. The zero-order chi connectivity index (χ0) is 14.8. The summed E-state index contributed by atoms with van der Waals surface area (Å²) in [7, 11) is 0. The normalized spacial score (nSPS) is 20.6. The van der Waals surface area contributed by atoms with E-state index in [-0.39, 0.29) is 30.9 Å². The van der Waals surface area contributed by atoms with Crippen LogP contribution in [-0.2, 0) is 0 Å². The van der Waals surface area contributed by atoms with Crippen molar-refractivity contribution in [2.24, 2.45) is 5.92 Å². The quantitative estimate of drug-likeness (QED) is 0.854. The Balaban J connectivity index is 0.00000132. The van der Waals surface area contributed by atoms with E-state index in [1.807, 2.05) is 0 Å². The molecule has 1 aromatic rings. The van der Waals surface area contributed by atoms with E-state index in [1.165, 1.54) is 12.8 Å². The van der Waals surface area contributed by atoms with Gasteiger partial charge >= 0.3 is 0 Å². The highest BCUT2D eigenvalue weighted by Gasteiger charge is 2.34. The molecule has 2 N–H and O–H groups in total. The fraction of sp³-hybridized carbons (Fsp3) is 0.625. The Bertz CT molecular complexity index is 507. The molecule has 2 aliphatic rings. The van der Waals surface area contributed by atoms with Crippen molar-refractivity contribution in [1.82, 2.24) is 10.2 Å². The average molecular weight is 369 g/mol. The Hall–Kier alpha value is -0.620. The molecule has 2 fully saturated rings. The molecule has 0 spiro atoms. The molecule has 23 heavy (non-hydrogen) atoms. The van der Waals surface area contributed by atoms with Crippen molar-refractivity contribution >= 4 is 24.8 Å². The minimum Gasteiger partial charge on any atom is -0.505 e. The van der Waals surface area contributed by atoms with Crippen molar-refractivity contribution in [1.29, 1.82) is 0 Å². The zero-order valence-corrected chi connectivity index (χ0v) is 14.6. The summed E-state index contributed by atoms with van der Waals surface area (Å²) in [5, 5.41) is 13.4. The van der Waals surface area contributed by atoms with Gasteiger partial charge in [0.05, 0.1) is 0 Å². The van der Waals surface area contributed by atoms with Gasteiger partial charge in [0.1, 0.15) is 0 Å². The van der Waals surface area contributed by atoms with Crippen LogP contribution in [0.4, 0.5) is 8.78 Å². The lowest BCUT2D eigenvalue weighted by Crippen LogP contribution is -2.46. The number of aromatic hydroxyl groups is 1. The van der Waals surface area contributed by atoms with Crippen LogP contribution in [0.25, 0.3) is 0 Å². The zero-order valence-electron chi connectivity index (χ0n) is 12.9. The SMILES string of the molecule is Cl.Cl.Oc1c([C@@H](C2CCCC2)N2CCNCC2)ccc(F)c1F. The van der Waals surface area contributed by atoms with Crippen molar-refractivity contribution in [2.45, 2.75) is 31.7 Å². The maximum absolute atomic E-state index is 13.7. The predicted molar refractivity (Wildman–Crippen MR) is 91.7 cm³/mol. The number of hydrogen-bond donors (Lipinski definition) is 2. The van der Waals surface area contributed by atoms with Gasteiger partial charge in [-0.2, -0.15) is 4.39 Å². The Labute approximate surface area is 148 Å². The first kappa shape index (κ1) is 20.4. The first-order valence-electron chi connectivity index (χ1n) is 7.80. The van der Waals surface area contributed by atoms with E-state index in [0.717, 1.165) is 45.1 Å². The van der Waals surface area contributed by atoms with Crippen molar-refractivity contribution < 1.29 is 13.9 Å². The van der Waals surface area contributed by atoms with Gasteiger partial charge in [0.2, 0.25) is 5.82 Å². The van der Waals surface area contributed by atoms with Crippen LogP contribution in [0.1, 0.15) is 37.3 Å². The van der Waals surface area contributed by atoms with Crippen LogP contribution in [0.3, 0.4) is 0 Å². The number of nitrogens with one attached hydrogen (secondary N) is 1. The van der Waals surface area contributed by atoms with Crippen molar-refractivity contribution in [3.05, 3.63) is 29.3 Å². The topological polar surface area (TPSA) is 35.5 Å². The van der Waals surface area contributed by atoms with Gasteiger partial charge in [-0.1, -0.05) is 18.9 Å². The van der Waals surface area contributed by atoms with Gasteiger partial charge < -0.3 is 10.4 Å². The maximum atomic E-state index is 13.7. The highest BCUT2D eigenvalue weighted by molar-refractivity contribution is 5.85. The number of benzene rings is 1. The van der Waals surface area contributed by atoms with E-state index >= 15 is 0 Å². The molecule has 3 nitrogen and oxygen atoms in total. The largest absolute Gasteiger partial charge is 0.505 e. The molecule has 1 aromatic carbocycles.